The van der Waals surface area contributed by atoms with Gasteiger partial charge in [-0.1, -0.05) is 39.0 Å². The second-order valence-corrected chi connectivity index (χ2v) is 11.8. The minimum Gasteiger partial charge on any atom is -0.486 e. The van der Waals surface area contributed by atoms with Crippen LogP contribution in [0.25, 0.3) is 11.3 Å². The molecule has 3 aromatic rings. The molecule has 1 aromatic heterocycles. The smallest absolute Gasteiger partial charge is 0.238 e. The van der Waals surface area contributed by atoms with Gasteiger partial charge in [0.25, 0.3) is 0 Å². The highest BCUT2D eigenvalue weighted by atomic mass is 28.2. The zero-order valence-electron chi connectivity index (χ0n) is 19.1. The normalized spacial score (nSPS) is 13.4. The van der Waals surface area contributed by atoms with Crippen LogP contribution in [0.1, 0.15) is 26.3 Å². The summed E-state index contributed by atoms with van der Waals surface area (Å²) in [4.78, 5) is 4.73. The number of methoxy groups -OCH3 is 1. The van der Waals surface area contributed by atoms with E-state index in [4.69, 9.17) is 23.6 Å². The molecule has 7 heteroatoms. The van der Waals surface area contributed by atoms with Crippen molar-refractivity contribution in [2.45, 2.75) is 32.4 Å². The number of anilines is 2. The van der Waals surface area contributed by atoms with Crippen molar-refractivity contribution in [3.8, 4) is 28.6 Å². The van der Waals surface area contributed by atoms with Crippen LogP contribution in [0, 0.1) is 0 Å². The number of para-hydroxylation sites is 1. The summed E-state index contributed by atoms with van der Waals surface area (Å²) < 4.78 is 23.1. The van der Waals surface area contributed by atoms with Crippen LogP contribution in [0.15, 0.2) is 54.6 Å². The molecule has 0 unspecified atom stereocenters. The van der Waals surface area contributed by atoms with Gasteiger partial charge in [-0.2, -0.15) is 0 Å². The molecule has 0 saturated heterocycles. The maximum absolute atomic E-state index is 6.00. The van der Waals surface area contributed by atoms with Crippen LogP contribution in [0.4, 0.5) is 11.4 Å². The average Bonchev–Trinajstić information content (AvgIpc) is 2.78. The maximum atomic E-state index is 6.00. The Labute approximate surface area is 191 Å². The molecule has 1 aliphatic heterocycles. The van der Waals surface area contributed by atoms with Gasteiger partial charge in [0.2, 0.25) is 5.88 Å². The largest absolute Gasteiger partial charge is 0.486 e. The second kappa shape index (κ2) is 9.63. The van der Waals surface area contributed by atoms with Crippen molar-refractivity contribution in [3.63, 3.8) is 0 Å². The summed E-state index contributed by atoms with van der Waals surface area (Å²) in [5.74, 6) is 1.98. The van der Waals surface area contributed by atoms with E-state index >= 15 is 0 Å². The monoisotopic (exact) mass is 450 g/mol. The lowest BCUT2D eigenvalue weighted by atomic mass is 10.1. The number of benzene rings is 2. The quantitative estimate of drug-likeness (QED) is 0.506. The minimum atomic E-state index is -0.580. The van der Waals surface area contributed by atoms with Gasteiger partial charge in [0.1, 0.15) is 18.9 Å². The molecule has 2 heterocycles. The van der Waals surface area contributed by atoms with Crippen LogP contribution >= 0.6 is 0 Å². The third-order valence-electron chi connectivity index (χ3n) is 4.91. The number of aromatic nitrogens is 1. The Morgan fingerprint density at radius 1 is 1.03 bits per heavy atom. The highest BCUT2D eigenvalue weighted by Crippen LogP contribution is 2.40. The number of rotatable bonds is 7. The molecule has 32 heavy (non-hydrogen) atoms. The van der Waals surface area contributed by atoms with Gasteiger partial charge in [-0.25, -0.2) is 4.98 Å². The summed E-state index contributed by atoms with van der Waals surface area (Å²) in [6.45, 7) is 8.39. The number of fused-ring (bicyclic) bond motifs is 1. The van der Waals surface area contributed by atoms with Crippen LogP contribution in [-0.4, -0.2) is 35.1 Å². The Hall–Kier alpha value is -3.03. The van der Waals surface area contributed by atoms with Gasteiger partial charge in [-0.3, -0.25) is 0 Å². The first-order valence-corrected chi connectivity index (χ1v) is 12.1. The third kappa shape index (κ3) is 5.41. The van der Waals surface area contributed by atoms with E-state index in [9.17, 15) is 0 Å². The molecule has 1 N–H and O–H groups in total. The lowest BCUT2D eigenvalue weighted by Gasteiger charge is -2.21. The standard InChI is InChI=1S/C25H30N2O4Si/c1-25(2,3)32-31-16-17-7-5-8-18(15-17)26-21-12-11-20(27-24(21)28-4)19-9-6-10-22-23(19)30-14-13-29-22/h5-12,15,26H,13-14,16,32H2,1-4H3. The molecule has 0 spiro atoms. The van der Waals surface area contributed by atoms with E-state index < -0.39 is 9.76 Å². The van der Waals surface area contributed by atoms with E-state index in [1.807, 2.05) is 42.5 Å². The van der Waals surface area contributed by atoms with Crippen molar-refractivity contribution in [3.05, 3.63) is 60.2 Å². The summed E-state index contributed by atoms with van der Waals surface area (Å²) in [5.41, 5.74) is 4.55. The van der Waals surface area contributed by atoms with Crippen LogP contribution in [-0.2, 0) is 11.0 Å². The SMILES string of the molecule is COc1nc(-c2cccc3c2OCCO3)ccc1Nc1cccc(CO[SiH2]C(C)(C)C)c1. The summed E-state index contributed by atoms with van der Waals surface area (Å²) in [6, 6.07) is 18.0. The van der Waals surface area contributed by atoms with Crippen LogP contribution in [0.5, 0.6) is 17.4 Å². The molecule has 2 aromatic carbocycles. The Bertz CT molecular complexity index is 1080. The Morgan fingerprint density at radius 3 is 2.66 bits per heavy atom. The van der Waals surface area contributed by atoms with Crippen molar-refractivity contribution < 1.29 is 18.6 Å². The highest BCUT2D eigenvalue weighted by molar-refractivity contribution is 6.31. The Balaban J connectivity index is 1.53. The van der Waals surface area contributed by atoms with E-state index in [1.165, 1.54) is 0 Å². The third-order valence-corrected chi connectivity index (χ3v) is 6.18. The summed E-state index contributed by atoms with van der Waals surface area (Å²) in [7, 11) is 1.04. The number of nitrogens with zero attached hydrogens (tertiary/aromatic N) is 1. The van der Waals surface area contributed by atoms with Gasteiger partial charge in [-0.05, 0) is 47.0 Å². The van der Waals surface area contributed by atoms with Crippen molar-refractivity contribution >= 4 is 21.1 Å². The molecule has 0 bridgehead atoms. The molecular weight excluding hydrogens is 420 g/mol. The minimum absolute atomic E-state index is 0.284. The second-order valence-electron chi connectivity index (χ2n) is 8.96. The fourth-order valence-electron chi connectivity index (χ4n) is 3.49. The Morgan fingerprint density at radius 2 is 1.84 bits per heavy atom. The number of ether oxygens (including phenoxy) is 3. The zero-order chi connectivity index (χ0) is 22.6. The molecule has 0 saturated carbocycles. The molecule has 0 amide bonds. The van der Waals surface area contributed by atoms with Crippen LogP contribution in [0.3, 0.4) is 0 Å². The van der Waals surface area contributed by atoms with E-state index in [-0.39, 0.29) is 5.04 Å². The lowest BCUT2D eigenvalue weighted by molar-refractivity contribution is 0.172. The van der Waals surface area contributed by atoms with Crippen LogP contribution < -0.4 is 19.5 Å². The van der Waals surface area contributed by atoms with E-state index in [0.717, 1.165) is 39.7 Å². The molecule has 0 fully saturated rings. The van der Waals surface area contributed by atoms with Gasteiger partial charge in [0.15, 0.2) is 21.3 Å². The van der Waals surface area contributed by atoms with Gasteiger partial charge in [0.05, 0.1) is 19.4 Å². The fraction of sp³-hybridized carbons (Fsp3) is 0.320. The topological polar surface area (TPSA) is 61.8 Å². The lowest BCUT2D eigenvalue weighted by Crippen LogP contribution is -2.16. The van der Waals surface area contributed by atoms with Crippen molar-refractivity contribution in [1.29, 1.82) is 0 Å². The summed E-state index contributed by atoms with van der Waals surface area (Å²) in [6.07, 6.45) is 0. The van der Waals surface area contributed by atoms with Crippen LogP contribution in [0.2, 0.25) is 5.04 Å². The molecular formula is C25H30N2O4Si. The molecule has 1 aliphatic rings. The number of pyridine rings is 1. The number of nitrogens with one attached hydrogen (secondary N) is 1. The summed E-state index contributed by atoms with van der Waals surface area (Å²) in [5, 5.41) is 3.71. The highest BCUT2D eigenvalue weighted by Gasteiger charge is 2.19. The van der Waals surface area contributed by atoms with Gasteiger partial charge in [-0.15, -0.1) is 0 Å². The fourth-order valence-corrected chi connectivity index (χ4v) is 4.44. The maximum Gasteiger partial charge on any atom is 0.238 e. The first-order chi connectivity index (χ1) is 15.4. The molecule has 6 nitrogen and oxygen atoms in total. The average molecular weight is 451 g/mol. The Kier molecular flexibility index (Phi) is 6.67. The van der Waals surface area contributed by atoms with Crippen molar-refractivity contribution in [2.24, 2.45) is 0 Å². The molecule has 0 atom stereocenters. The first-order valence-electron chi connectivity index (χ1n) is 10.8. The zero-order valence-corrected chi connectivity index (χ0v) is 20.5. The van der Waals surface area contributed by atoms with Crippen molar-refractivity contribution in [1.82, 2.24) is 4.98 Å². The van der Waals surface area contributed by atoms with Gasteiger partial charge >= 0.3 is 0 Å². The predicted octanol–water partition coefficient (Wildman–Crippen LogP) is 5.09. The predicted molar refractivity (Wildman–Crippen MR) is 130 cm³/mol. The number of hydrogen-bond acceptors (Lipinski definition) is 6. The molecule has 0 radical (unpaired) electrons. The molecule has 168 valence electrons. The van der Waals surface area contributed by atoms with E-state index in [0.29, 0.717) is 25.7 Å². The molecule has 0 aliphatic carbocycles. The first kappa shape index (κ1) is 22.2. The number of hydrogen-bond donors (Lipinski definition) is 1. The van der Waals surface area contributed by atoms with Crippen molar-refractivity contribution in [2.75, 3.05) is 25.6 Å². The van der Waals surface area contributed by atoms with Gasteiger partial charge < -0.3 is 24.0 Å². The molecule has 4 rings (SSSR count). The van der Waals surface area contributed by atoms with E-state index in [2.05, 4.69) is 38.2 Å². The van der Waals surface area contributed by atoms with E-state index in [1.54, 1.807) is 7.11 Å². The summed E-state index contributed by atoms with van der Waals surface area (Å²) >= 11 is 0. The van der Waals surface area contributed by atoms with Gasteiger partial charge in [0, 0.05) is 11.3 Å².